The molecule has 0 heterocycles. The van der Waals surface area contributed by atoms with Crippen LogP contribution >= 0.6 is 0 Å². The lowest BCUT2D eigenvalue weighted by atomic mass is 10.1. The minimum absolute atomic E-state index is 0.102. The highest BCUT2D eigenvalue weighted by Crippen LogP contribution is 2.08. The molecule has 0 amide bonds. The lowest BCUT2D eigenvalue weighted by molar-refractivity contribution is -0.148. The molecule has 0 saturated heterocycles. The summed E-state index contributed by atoms with van der Waals surface area (Å²) in [6.45, 7) is 5.25. The van der Waals surface area contributed by atoms with Gasteiger partial charge in [0.15, 0.2) is 0 Å². The number of carbonyl (C=O) groups excluding carboxylic acids is 1. The summed E-state index contributed by atoms with van der Waals surface area (Å²) in [5.41, 5.74) is 0. The van der Waals surface area contributed by atoms with Crippen molar-refractivity contribution >= 4 is 5.97 Å². The van der Waals surface area contributed by atoms with Crippen LogP contribution in [-0.4, -0.2) is 25.8 Å². The second-order valence-electron chi connectivity index (χ2n) is 4.33. The van der Waals surface area contributed by atoms with Crippen LogP contribution in [0, 0.1) is 0 Å². The van der Waals surface area contributed by atoms with Crippen LogP contribution in [0.2, 0.25) is 0 Å². The van der Waals surface area contributed by atoms with E-state index in [0.29, 0.717) is 13.2 Å². The van der Waals surface area contributed by atoms with Gasteiger partial charge in [0.2, 0.25) is 0 Å². The van der Waals surface area contributed by atoms with Crippen LogP contribution in [0.15, 0.2) is 0 Å². The molecule has 0 aromatic rings. The summed E-state index contributed by atoms with van der Waals surface area (Å²) in [6, 6.07) is 0. The Morgan fingerprint density at radius 1 is 0.882 bits per heavy atom. The van der Waals surface area contributed by atoms with E-state index < -0.39 is 0 Å². The van der Waals surface area contributed by atoms with Crippen molar-refractivity contribution in [3.8, 4) is 0 Å². The molecule has 0 saturated carbocycles. The predicted molar refractivity (Wildman–Crippen MR) is 70.1 cm³/mol. The zero-order valence-corrected chi connectivity index (χ0v) is 11.5. The summed E-state index contributed by atoms with van der Waals surface area (Å²) < 4.78 is 9.98. The topological polar surface area (TPSA) is 35.5 Å². The van der Waals surface area contributed by atoms with Crippen molar-refractivity contribution in [1.29, 1.82) is 0 Å². The molecule has 0 aliphatic rings. The van der Waals surface area contributed by atoms with E-state index in [2.05, 4.69) is 6.92 Å². The number of esters is 1. The molecule has 0 fully saturated rings. The zero-order chi connectivity index (χ0) is 12.8. The summed E-state index contributed by atoms with van der Waals surface area (Å²) in [5, 5.41) is 0. The van der Waals surface area contributed by atoms with E-state index in [9.17, 15) is 4.79 Å². The van der Waals surface area contributed by atoms with Gasteiger partial charge in [-0.15, -0.1) is 0 Å². The summed E-state index contributed by atoms with van der Waals surface area (Å²) >= 11 is 0. The third-order valence-corrected chi connectivity index (χ3v) is 2.67. The number of unbranched alkanes of at least 4 members (excludes halogenated alkanes) is 7. The van der Waals surface area contributed by atoms with Gasteiger partial charge in [0.25, 0.3) is 0 Å². The lowest BCUT2D eigenvalue weighted by Crippen LogP contribution is -2.12. The van der Waals surface area contributed by atoms with Crippen LogP contribution < -0.4 is 0 Å². The smallest absolute Gasteiger partial charge is 0.332 e. The van der Waals surface area contributed by atoms with Gasteiger partial charge in [-0.05, 0) is 13.3 Å². The van der Waals surface area contributed by atoms with Crippen molar-refractivity contribution in [1.82, 2.24) is 0 Å². The van der Waals surface area contributed by atoms with E-state index >= 15 is 0 Å². The minimum atomic E-state index is -0.257. The van der Waals surface area contributed by atoms with Gasteiger partial charge < -0.3 is 9.47 Å². The van der Waals surface area contributed by atoms with Gasteiger partial charge in [0.1, 0.15) is 6.61 Å². The Balaban J connectivity index is 3.01. The van der Waals surface area contributed by atoms with Gasteiger partial charge in [0.05, 0.1) is 6.61 Å². The summed E-state index contributed by atoms with van der Waals surface area (Å²) in [5.74, 6) is -0.257. The molecule has 3 heteroatoms. The Kier molecular flexibility index (Phi) is 13.0. The van der Waals surface area contributed by atoms with Crippen molar-refractivity contribution in [2.75, 3.05) is 19.8 Å². The van der Waals surface area contributed by atoms with Gasteiger partial charge >= 0.3 is 5.97 Å². The molecule has 102 valence electrons. The van der Waals surface area contributed by atoms with Gasteiger partial charge in [-0.2, -0.15) is 0 Å². The third kappa shape index (κ3) is 13.4. The van der Waals surface area contributed by atoms with Gasteiger partial charge in [-0.3, -0.25) is 0 Å². The third-order valence-electron chi connectivity index (χ3n) is 2.67. The molecule has 0 aromatic heterocycles. The first-order valence-corrected chi connectivity index (χ1v) is 7.04. The predicted octanol–water partition coefficient (Wildman–Crippen LogP) is 3.71. The molecule has 0 radical (unpaired) electrons. The number of hydrogen-bond donors (Lipinski definition) is 0. The fourth-order valence-electron chi connectivity index (χ4n) is 1.70. The van der Waals surface area contributed by atoms with E-state index in [1.807, 2.05) is 0 Å². The van der Waals surface area contributed by atoms with E-state index in [1.165, 1.54) is 44.9 Å². The zero-order valence-electron chi connectivity index (χ0n) is 11.5. The lowest BCUT2D eigenvalue weighted by Gasteiger charge is -2.04. The van der Waals surface area contributed by atoms with Crippen LogP contribution in [0.4, 0.5) is 0 Å². The molecular weight excluding hydrogens is 216 g/mol. The number of rotatable bonds is 12. The largest absolute Gasteiger partial charge is 0.464 e. The van der Waals surface area contributed by atoms with Crippen LogP contribution in [0.5, 0.6) is 0 Å². The molecule has 0 N–H and O–H groups in total. The SMILES string of the molecule is CCCCCCCCCCOCC(=O)OCC. The first-order chi connectivity index (χ1) is 8.31. The van der Waals surface area contributed by atoms with E-state index in [4.69, 9.17) is 9.47 Å². The minimum Gasteiger partial charge on any atom is -0.464 e. The molecule has 0 aromatic carbocycles. The Bertz CT molecular complexity index is 169. The first kappa shape index (κ1) is 16.4. The Labute approximate surface area is 106 Å². The van der Waals surface area contributed by atoms with Crippen molar-refractivity contribution in [2.45, 2.75) is 65.2 Å². The van der Waals surface area contributed by atoms with Crippen molar-refractivity contribution in [2.24, 2.45) is 0 Å². The molecule has 0 bridgehead atoms. The fraction of sp³-hybridized carbons (Fsp3) is 0.929. The van der Waals surface area contributed by atoms with Crippen LogP contribution in [0.25, 0.3) is 0 Å². The second-order valence-corrected chi connectivity index (χ2v) is 4.33. The Hall–Kier alpha value is -0.570. The first-order valence-electron chi connectivity index (χ1n) is 7.04. The second kappa shape index (κ2) is 13.5. The summed E-state index contributed by atoms with van der Waals surface area (Å²) in [6.07, 6.45) is 10.3. The number of ether oxygens (including phenoxy) is 2. The molecule has 17 heavy (non-hydrogen) atoms. The maximum Gasteiger partial charge on any atom is 0.332 e. The van der Waals surface area contributed by atoms with Crippen molar-refractivity contribution in [3.05, 3.63) is 0 Å². The average molecular weight is 244 g/mol. The molecule has 0 spiro atoms. The number of carbonyl (C=O) groups is 1. The maximum absolute atomic E-state index is 10.9. The monoisotopic (exact) mass is 244 g/mol. The Morgan fingerprint density at radius 3 is 2.06 bits per heavy atom. The Morgan fingerprint density at radius 2 is 1.47 bits per heavy atom. The average Bonchev–Trinajstić information content (AvgIpc) is 2.32. The highest BCUT2D eigenvalue weighted by Gasteiger charge is 2.00. The van der Waals surface area contributed by atoms with Crippen LogP contribution in [0.1, 0.15) is 65.2 Å². The van der Waals surface area contributed by atoms with Crippen molar-refractivity contribution < 1.29 is 14.3 Å². The molecular formula is C14H28O3. The van der Waals surface area contributed by atoms with Gasteiger partial charge in [-0.1, -0.05) is 51.9 Å². The normalized spacial score (nSPS) is 10.5. The highest BCUT2D eigenvalue weighted by atomic mass is 16.6. The summed E-state index contributed by atoms with van der Waals surface area (Å²) in [7, 11) is 0. The van der Waals surface area contributed by atoms with Crippen molar-refractivity contribution in [3.63, 3.8) is 0 Å². The quantitative estimate of drug-likeness (QED) is 0.388. The summed E-state index contributed by atoms with van der Waals surface area (Å²) in [4.78, 5) is 10.9. The molecule has 3 nitrogen and oxygen atoms in total. The molecule has 0 aliphatic carbocycles. The number of hydrogen-bond acceptors (Lipinski definition) is 3. The van der Waals surface area contributed by atoms with E-state index in [0.717, 1.165) is 6.42 Å². The molecule has 0 unspecified atom stereocenters. The van der Waals surface area contributed by atoms with Gasteiger partial charge in [-0.25, -0.2) is 4.79 Å². The molecule has 0 rings (SSSR count). The highest BCUT2D eigenvalue weighted by molar-refractivity contribution is 5.70. The maximum atomic E-state index is 10.9. The standard InChI is InChI=1S/C14H28O3/c1-3-5-6-7-8-9-10-11-12-16-13-14(15)17-4-2/h3-13H2,1-2H3. The van der Waals surface area contributed by atoms with Gasteiger partial charge in [0, 0.05) is 6.61 Å². The van der Waals surface area contributed by atoms with E-state index in [-0.39, 0.29) is 12.6 Å². The fourth-order valence-corrected chi connectivity index (χ4v) is 1.70. The molecule has 0 atom stereocenters. The van der Waals surface area contributed by atoms with E-state index in [1.54, 1.807) is 6.92 Å². The van der Waals surface area contributed by atoms with Crippen LogP contribution in [-0.2, 0) is 14.3 Å². The molecule has 0 aliphatic heterocycles. The van der Waals surface area contributed by atoms with Crippen LogP contribution in [0.3, 0.4) is 0 Å².